The van der Waals surface area contributed by atoms with E-state index in [0.29, 0.717) is 41.2 Å². The Labute approximate surface area is 175 Å². The summed E-state index contributed by atoms with van der Waals surface area (Å²) in [6, 6.07) is 18.5. The number of hydrogen-bond donors (Lipinski definition) is 1. The molecule has 0 radical (unpaired) electrons. The van der Waals surface area contributed by atoms with Crippen LogP contribution in [0.2, 0.25) is 0 Å². The summed E-state index contributed by atoms with van der Waals surface area (Å²) in [4.78, 5) is 22.4. The lowest BCUT2D eigenvalue weighted by molar-refractivity contribution is 0.0964. The number of carbonyl (C=O) groups is 1. The number of rotatable bonds is 3. The van der Waals surface area contributed by atoms with Crippen LogP contribution < -0.4 is 5.73 Å². The van der Waals surface area contributed by atoms with Crippen molar-refractivity contribution in [2.45, 2.75) is 38.5 Å². The average Bonchev–Trinajstić information content (AvgIpc) is 3.18. The predicted octanol–water partition coefficient (Wildman–Crippen LogP) is 5.04. The summed E-state index contributed by atoms with van der Waals surface area (Å²) in [6.45, 7) is 4.37. The number of benzene rings is 2. The normalized spacial score (nSPS) is 16.2. The zero-order chi connectivity index (χ0) is 20.8. The molecule has 0 saturated carbocycles. The summed E-state index contributed by atoms with van der Waals surface area (Å²) >= 11 is 0. The monoisotopic (exact) mass is 396 g/mol. The molecule has 2 N–H and O–H groups in total. The maximum absolute atomic E-state index is 13.0. The molecule has 0 amide bonds. The van der Waals surface area contributed by atoms with E-state index in [-0.39, 0.29) is 11.7 Å². The van der Waals surface area contributed by atoms with E-state index in [2.05, 4.69) is 43.1 Å². The Morgan fingerprint density at radius 3 is 2.47 bits per heavy atom. The number of para-hydroxylation sites is 1. The predicted molar refractivity (Wildman–Crippen MR) is 119 cm³/mol. The van der Waals surface area contributed by atoms with Crippen LogP contribution in [-0.4, -0.2) is 20.3 Å². The van der Waals surface area contributed by atoms with Crippen molar-refractivity contribution in [1.82, 2.24) is 14.5 Å². The third kappa shape index (κ3) is 2.98. The minimum atomic E-state index is 0.0512. The van der Waals surface area contributed by atoms with Crippen LogP contribution in [0.3, 0.4) is 0 Å². The van der Waals surface area contributed by atoms with Crippen molar-refractivity contribution in [2.24, 2.45) is 0 Å². The second-order valence-electron chi connectivity index (χ2n) is 8.32. The molecular weight excluding hydrogens is 372 g/mol. The second-order valence-corrected chi connectivity index (χ2v) is 8.32. The van der Waals surface area contributed by atoms with Crippen LogP contribution in [0.15, 0.2) is 60.9 Å². The van der Waals surface area contributed by atoms with Gasteiger partial charge in [-0.05, 0) is 41.5 Å². The van der Waals surface area contributed by atoms with Crippen LogP contribution in [0.1, 0.15) is 59.3 Å². The van der Waals surface area contributed by atoms with Gasteiger partial charge in [0.05, 0.1) is 16.9 Å². The molecule has 0 unspecified atom stereocenters. The van der Waals surface area contributed by atoms with Gasteiger partial charge in [0.2, 0.25) is 0 Å². The Kier molecular flexibility index (Phi) is 4.39. The first-order valence-corrected chi connectivity index (χ1v) is 10.4. The van der Waals surface area contributed by atoms with Crippen molar-refractivity contribution < 1.29 is 4.79 Å². The Morgan fingerprint density at radius 1 is 1.03 bits per heavy atom. The highest BCUT2D eigenvalue weighted by Gasteiger charge is 2.31. The minimum Gasteiger partial charge on any atom is -0.396 e. The van der Waals surface area contributed by atoms with Crippen molar-refractivity contribution in [3.63, 3.8) is 0 Å². The molecule has 0 saturated heterocycles. The fraction of sp³-hybridized carbons (Fsp3) is 0.240. The number of nitrogens with zero attached hydrogens (tertiary/aromatic N) is 3. The molecule has 150 valence electrons. The number of hydrogen-bond acceptors (Lipinski definition) is 4. The maximum Gasteiger partial charge on any atom is 0.167 e. The molecule has 0 aliphatic heterocycles. The third-order valence-corrected chi connectivity index (χ3v) is 6.06. The maximum atomic E-state index is 13.0. The van der Waals surface area contributed by atoms with E-state index in [1.54, 1.807) is 6.33 Å². The Morgan fingerprint density at radius 2 is 1.77 bits per heavy atom. The highest BCUT2D eigenvalue weighted by Crippen LogP contribution is 2.37. The van der Waals surface area contributed by atoms with E-state index in [9.17, 15) is 4.79 Å². The van der Waals surface area contributed by atoms with Gasteiger partial charge in [-0.2, -0.15) is 0 Å². The Balaban J connectivity index is 1.58. The molecule has 5 nitrogen and oxygen atoms in total. The summed E-state index contributed by atoms with van der Waals surface area (Å²) in [5.74, 6) is 0.653. The SMILES string of the molecule is CC(C)c1ccc([C@H]2CC(=O)c3c(nc4c(ncn4-c4ccccc4)c3N)C2)cc1. The van der Waals surface area contributed by atoms with Gasteiger partial charge in [-0.15, -0.1) is 0 Å². The number of nitrogens with two attached hydrogens (primary N) is 1. The van der Waals surface area contributed by atoms with Crippen LogP contribution in [0, 0.1) is 0 Å². The van der Waals surface area contributed by atoms with Crippen molar-refractivity contribution in [3.8, 4) is 5.69 Å². The van der Waals surface area contributed by atoms with E-state index in [1.807, 2.05) is 34.9 Å². The molecule has 1 aliphatic carbocycles. The molecule has 30 heavy (non-hydrogen) atoms. The van der Waals surface area contributed by atoms with Crippen LogP contribution in [-0.2, 0) is 6.42 Å². The first-order valence-electron chi connectivity index (χ1n) is 10.4. The first-order chi connectivity index (χ1) is 14.5. The van der Waals surface area contributed by atoms with Crippen molar-refractivity contribution in [2.75, 3.05) is 5.73 Å². The van der Waals surface area contributed by atoms with Crippen LogP contribution in [0.4, 0.5) is 5.69 Å². The van der Waals surface area contributed by atoms with Gasteiger partial charge in [0.15, 0.2) is 11.4 Å². The molecule has 1 aliphatic rings. The number of anilines is 1. The molecule has 1 atom stereocenters. The standard InChI is InChI=1S/C25H24N4O/c1-15(2)16-8-10-17(11-9-16)18-12-20-22(21(30)13-18)23(26)24-25(28-20)29(14-27-24)19-6-4-3-5-7-19/h3-11,14-15,18H,12-13H2,1-2H3,(H2,26,28)/t18-/m1/s1. The van der Waals surface area contributed by atoms with Crippen LogP contribution in [0.25, 0.3) is 16.9 Å². The van der Waals surface area contributed by atoms with Gasteiger partial charge in [0.1, 0.15) is 11.8 Å². The highest BCUT2D eigenvalue weighted by molar-refractivity contribution is 6.08. The number of fused-ring (bicyclic) bond motifs is 2. The number of pyridine rings is 1. The van der Waals surface area contributed by atoms with Crippen LogP contribution in [0.5, 0.6) is 0 Å². The van der Waals surface area contributed by atoms with Crippen molar-refractivity contribution >= 4 is 22.6 Å². The van der Waals surface area contributed by atoms with Gasteiger partial charge in [-0.1, -0.05) is 56.3 Å². The number of ketones is 1. The average molecular weight is 396 g/mol. The van der Waals surface area contributed by atoms with Crippen molar-refractivity contribution in [3.05, 3.63) is 83.3 Å². The van der Waals surface area contributed by atoms with Gasteiger partial charge in [-0.3, -0.25) is 9.36 Å². The largest absolute Gasteiger partial charge is 0.396 e. The fourth-order valence-electron chi connectivity index (χ4n) is 4.35. The quantitative estimate of drug-likeness (QED) is 0.526. The zero-order valence-electron chi connectivity index (χ0n) is 17.2. The smallest absolute Gasteiger partial charge is 0.167 e. The summed E-state index contributed by atoms with van der Waals surface area (Å²) in [5, 5.41) is 0. The van der Waals surface area contributed by atoms with Gasteiger partial charge < -0.3 is 5.73 Å². The lowest BCUT2D eigenvalue weighted by atomic mass is 9.80. The molecule has 0 bridgehead atoms. The number of imidazole rings is 1. The summed E-state index contributed by atoms with van der Waals surface area (Å²) < 4.78 is 1.93. The van der Waals surface area contributed by atoms with E-state index < -0.39 is 0 Å². The number of Topliss-reactive ketones (excluding diaryl/α,β-unsaturated/α-hetero) is 1. The van der Waals surface area contributed by atoms with Gasteiger partial charge >= 0.3 is 0 Å². The lowest BCUT2D eigenvalue weighted by Gasteiger charge is -2.25. The number of aromatic nitrogens is 3. The molecule has 0 spiro atoms. The Bertz CT molecular complexity index is 1240. The van der Waals surface area contributed by atoms with Gasteiger partial charge in [0, 0.05) is 12.1 Å². The molecule has 2 aromatic carbocycles. The topological polar surface area (TPSA) is 73.8 Å². The number of carbonyl (C=O) groups excluding carboxylic acids is 1. The summed E-state index contributed by atoms with van der Waals surface area (Å²) in [5.41, 5.74) is 12.9. The second kappa shape index (κ2) is 7.10. The molecule has 0 fully saturated rings. The summed E-state index contributed by atoms with van der Waals surface area (Å²) in [7, 11) is 0. The molecule has 2 aromatic heterocycles. The lowest BCUT2D eigenvalue weighted by Crippen LogP contribution is -2.22. The van der Waals surface area contributed by atoms with E-state index in [4.69, 9.17) is 10.7 Å². The zero-order valence-corrected chi connectivity index (χ0v) is 17.2. The molecule has 4 aromatic rings. The van der Waals surface area contributed by atoms with Gasteiger partial charge in [-0.25, -0.2) is 9.97 Å². The van der Waals surface area contributed by atoms with Gasteiger partial charge in [0.25, 0.3) is 0 Å². The van der Waals surface area contributed by atoms with E-state index in [0.717, 1.165) is 11.4 Å². The molecular formula is C25H24N4O. The summed E-state index contributed by atoms with van der Waals surface area (Å²) in [6.07, 6.45) is 2.87. The highest BCUT2D eigenvalue weighted by atomic mass is 16.1. The molecule has 5 heteroatoms. The third-order valence-electron chi connectivity index (χ3n) is 6.06. The molecule has 2 heterocycles. The minimum absolute atomic E-state index is 0.0512. The van der Waals surface area contributed by atoms with E-state index in [1.165, 1.54) is 11.1 Å². The fourth-order valence-corrected chi connectivity index (χ4v) is 4.35. The number of nitrogen functional groups attached to an aromatic ring is 1. The van der Waals surface area contributed by atoms with Crippen LogP contribution >= 0.6 is 0 Å². The molecule has 5 rings (SSSR count). The Hall–Kier alpha value is -3.47. The first kappa shape index (κ1) is 18.6. The van der Waals surface area contributed by atoms with E-state index >= 15 is 0 Å². The van der Waals surface area contributed by atoms with Crippen molar-refractivity contribution in [1.29, 1.82) is 0 Å².